The van der Waals surface area contributed by atoms with E-state index in [0.29, 0.717) is 0 Å². The number of anilines is 1. The van der Waals surface area contributed by atoms with E-state index in [0.717, 1.165) is 37.1 Å². The number of hydrogen-bond donors (Lipinski definition) is 3. The summed E-state index contributed by atoms with van der Waals surface area (Å²) in [6.07, 6.45) is 4.18. The van der Waals surface area contributed by atoms with Crippen LogP contribution in [0.4, 0.5) is 5.82 Å². The molecule has 1 saturated heterocycles. The zero-order valence-electron chi connectivity index (χ0n) is 10.4. The van der Waals surface area contributed by atoms with E-state index < -0.39 is 0 Å². The summed E-state index contributed by atoms with van der Waals surface area (Å²) in [7, 11) is 0. The predicted molar refractivity (Wildman–Crippen MR) is 74.2 cm³/mol. The Kier molecular flexibility index (Phi) is 4.23. The van der Waals surface area contributed by atoms with Crippen LogP contribution in [0, 0.1) is 0 Å². The van der Waals surface area contributed by atoms with Crippen molar-refractivity contribution in [3.8, 4) is 0 Å². The first-order chi connectivity index (χ1) is 8.75. The Bertz CT molecular complexity index is 475. The van der Waals surface area contributed by atoms with Crippen molar-refractivity contribution >= 4 is 22.6 Å². The van der Waals surface area contributed by atoms with Crippen molar-refractivity contribution in [2.24, 2.45) is 0 Å². The monoisotopic (exact) mass is 245 g/mol. The molecule has 4 nitrogen and oxygen atoms in total. The summed E-state index contributed by atoms with van der Waals surface area (Å²) in [4.78, 5) is 13.6. The number of para-hydroxylation sites is 1. The number of aromatic nitrogens is 1. The summed E-state index contributed by atoms with van der Waals surface area (Å²) in [6.45, 7) is 0.888. The predicted octanol–water partition coefficient (Wildman–Crippen LogP) is 2.43. The van der Waals surface area contributed by atoms with E-state index in [1.54, 1.807) is 0 Å². The maximum atomic E-state index is 10.6. The third-order valence-electron chi connectivity index (χ3n) is 2.95. The summed E-state index contributed by atoms with van der Waals surface area (Å²) in [5, 5.41) is 3.97. The van der Waals surface area contributed by atoms with Gasteiger partial charge in [0.25, 0.3) is 0 Å². The SMILES string of the molecule is Nc1cc2ccccc2[nH]1.O=C1CCCCCN1. The lowest BCUT2D eigenvalue weighted by atomic mass is 10.2. The van der Waals surface area contributed by atoms with Gasteiger partial charge in [0.1, 0.15) is 5.82 Å². The fraction of sp³-hybridized carbons (Fsp3) is 0.357. The molecule has 18 heavy (non-hydrogen) atoms. The largest absolute Gasteiger partial charge is 0.385 e. The molecule has 1 fully saturated rings. The maximum absolute atomic E-state index is 10.6. The van der Waals surface area contributed by atoms with Gasteiger partial charge < -0.3 is 16.0 Å². The van der Waals surface area contributed by atoms with Gasteiger partial charge in [0.05, 0.1) is 0 Å². The number of carbonyl (C=O) groups excluding carboxylic acids is 1. The first kappa shape index (κ1) is 12.5. The van der Waals surface area contributed by atoms with Crippen molar-refractivity contribution in [2.75, 3.05) is 12.3 Å². The van der Waals surface area contributed by atoms with Crippen LogP contribution in [0.2, 0.25) is 0 Å². The molecule has 0 saturated carbocycles. The van der Waals surface area contributed by atoms with Crippen molar-refractivity contribution in [3.63, 3.8) is 0 Å². The first-order valence-corrected chi connectivity index (χ1v) is 6.35. The molecule has 4 N–H and O–H groups in total. The van der Waals surface area contributed by atoms with Crippen LogP contribution in [-0.4, -0.2) is 17.4 Å². The Balaban J connectivity index is 0.000000138. The molecule has 2 aromatic rings. The number of H-pyrrole nitrogens is 1. The number of amides is 1. The average molecular weight is 245 g/mol. The summed E-state index contributed by atoms with van der Waals surface area (Å²) < 4.78 is 0. The van der Waals surface area contributed by atoms with Gasteiger partial charge in [0.15, 0.2) is 0 Å². The lowest BCUT2D eigenvalue weighted by molar-refractivity contribution is -0.120. The van der Waals surface area contributed by atoms with Gasteiger partial charge in [-0.1, -0.05) is 24.6 Å². The molecule has 0 atom stereocenters. The van der Waals surface area contributed by atoms with E-state index in [1.807, 2.05) is 30.3 Å². The molecule has 1 aromatic carbocycles. The van der Waals surface area contributed by atoms with Crippen LogP contribution in [0.5, 0.6) is 0 Å². The average Bonchev–Trinajstić information content (AvgIpc) is 2.57. The Morgan fingerprint density at radius 2 is 1.94 bits per heavy atom. The van der Waals surface area contributed by atoms with Crippen LogP contribution in [0.15, 0.2) is 30.3 Å². The molecular weight excluding hydrogens is 226 g/mol. The van der Waals surface area contributed by atoms with E-state index in [1.165, 1.54) is 11.8 Å². The van der Waals surface area contributed by atoms with Gasteiger partial charge in [0, 0.05) is 23.9 Å². The Morgan fingerprint density at radius 3 is 2.78 bits per heavy atom. The minimum atomic E-state index is 0.225. The fourth-order valence-corrected chi connectivity index (χ4v) is 2.00. The topological polar surface area (TPSA) is 70.9 Å². The highest BCUT2D eigenvalue weighted by Crippen LogP contribution is 2.14. The molecule has 1 aliphatic heterocycles. The van der Waals surface area contributed by atoms with Gasteiger partial charge in [-0.3, -0.25) is 4.79 Å². The minimum Gasteiger partial charge on any atom is -0.385 e. The second kappa shape index (κ2) is 6.10. The van der Waals surface area contributed by atoms with Crippen LogP contribution in [-0.2, 0) is 4.79 Å². The molecule has 0 spiro atoms. The van der Waals surface area contributed by atoms with Gasteiger partial charge >= 0.3 is 0 Å². The molecular formula is C14H19N3O. The van der Waals surface area contributed by atoms with Crippen molar-refractivity contribution in [1.82, 2.24) is 10.3 Å². The summed E-state index contributed by atoms with van der Waals surface area (Å²) in [6, 6.07) is 9.94. The number of nitrogens with one attached hydrogen (secondary N) is 2. The molecule has 2 heterocycles. The van der Waals surface area contributed by atoms with Crippen LogP contribution in [0.3, 0.4) is 0 Å². The van der Waals surface area contributed by atoms with Gasteiger partial charge in [-0.15, -0.1) is 0 Å². The number of rotatable bonds is 0. The van der Waals surface area contributed by atoms with Gasteiger partial charge in [-0.25, -0.2) is 0 Å². The second-order valence-corrected chi connectivity index (χ2v) is 4.47. The van der Waals surface area contributed by atoms with E-state index >= 15 is 0 Å². The van der Waals surface area contributed by atoms with Gasteiger partial charge in [-0.05, 0) is 25.0 Å². The number of hydrogen-bond acceptors (Lipinski definition) is 2. The number of benzene rings is 1. The van der Waals surface area contributed by atoms with Crippen molar-refractivity contribution < 1.29 is 4.79 Å². The van der Waals surface area contributed by atoms with Gasteiger partial charge in [0.2, 0.25) is 5.91 Å². The number of fused-ring (bicyclic) bond motifs is 1. The standard InChI is InChI=1S/C8H8N2.C6H11NO/c9-8-5-6-3-1-2-4-7(6)10-8;8-6-4-2-1-3-5-7-6/h1-5,10H,9H2;1-5H2,(H,7,8). The first-order valence-electron chi connectivity index (χ1n) is 6.35. The Labute approximate surface area is 107 Å². The molecule has 0 radical (unpaired) electrons. The lowest BCUT2D eigenvalue weighted by Gasteiger charge is -1.93. The molecule has 0 bridgehead atoms. The van der Waals surface area contributed by atoms with Crippen LogP contribution < -0.4 is 11.1 Å². The minimum absolute atomic E-state index is 0.225. The fourth-order valence-electron chi connectivity index (χ4n) is 2.00. The molecule has 1 aromatic heterocycles. The highest BCUT2D eigenvalue weighted by atomic mass is 16.1. The zero-order valence-corrected chi connectivity index (χ0v) is 10.4. The normalized spacial score (nSPS) is 15.4. The van der Waals surface area contributed by atoms with E-state index in [2.05, 4.69) is 10.3 Å². The number of aromatic amines is 1. The van der Waals surface area contributed by atoms with Crippen LogP contribution in [0.1, 0.15) is 25.7 Å². The molecule has 0 aliphatic carbocycles. The maximum Gasteiger partial charge on any atom is 0.219 e. The molecule has 0 unspecified atom stereocenters. The molecule has 4 heteroatoms. The third-order valence-corrected chi connectivity index (χ3v) is 2.95. The zero-order chi connectivity index (χ0) is 12.8. The highest BCUT2D eigenvalue weighted by Gasteiger charge is 2.03. The van der Waals surface area contributed by atoms with Crippen molar-refractivity contribution in [3.05, 3.63) is 30.3 Å². The van der Waals surface area contributed by atoms with Crippen LogP contribution >= 0.6 is 0 Å². The second-order valence-electron chi connectivity index (χ2n) is 4.47. The smallest absolute Gasteiger partial charge is 0.219 e. The van der Waals surface area contributed by atoms with Crippen LogP contribution in [0.25, 0.3) is 10.9 Å². The highest BCUT2D eigenvalue weighted by molar-refractivity contribution is 5.83. The quantitative estimate of drug-likeness (QED) is 0.667. The number of nitrogen functional groups attached to an aromatic ring is 1. The van der Waals surface area contributed by atoms with E-state index in [-0.39, 0.29) is 5.91 Å². The summed E-state index contributed by atoms with van der Waals surface area (Å²) in [5.41, 5.74) is 6.63. The summed E-state index contributed by atoms with van der Waals surface area (Å²) in [5.74, 6) is 0.948. The van der Waals surface area contributed by atoms with Gasteiger partial charge in [-0.2, -0.15) is 0 Å². The number of nitrogens with two attached hydrogens (primary N) is 1. The molecule has 96 valence electrons. The third kappa shape index (κ3) is 3.52. The Hall–Kier alpha value is -1.97. The molecule has 1 amide bonds. The lowest BCUT2D eigenvalue weighted by Crippen LogP contribution is -2.21. The van der Waals surface area contributed by atoms with E-state index in [4.69, 9.17) is 5.73 Å². The van der Waals surface area contributed by atoms with E-state index in [9.17, 15) is 4.79 Å². The number of carbonyl (C=O) groups is 1. The Morgan fingerprint density at radius 1 is 1.11 bits per heavy atom. The molecule has 3 rings (SSSR count). The molecule has 1 aliphatic rings. The van der Waals surface area contributed by atoms with Crippen molar-refractivity contribution in [2.45, 2.75) is 25.7 Å². The van der Waals surface area contributed by atoms with Crippen molar-refractivity contribution in [1.29, 1.82) is 0 Å². The summed E-state index contributed by atoms with van der Waals surface area (Å²) >= 11 is 0.